The van der Waals surface area contributed by atoms with Crippen LogP contribution in [0.5, 0.6) is 0 Å². The predicted molar refractivity (Wildman–Crippen MR) is 40.2 cm³/mol. The van der Waals surface area contributed by atoms with Crippen LogP contribution in [0.3, 0.4) is 0 Å². The normalized spacial score (nSPS) is 8.45. The minimum atomic E-state index is -0.517. The number of nitrogens with zero attached hydrogens (tertiary/aromatic N) is 1. The summed E-state index contributed by atoms with van der Waals surface area (Å²) in [6, 6.07) is 0. The summed E-state index contributed by atoms with van der Waals surface area (Å²) in [6.45, 7) is 3.80. The van der Waals surface area contributed by atoms with E-state index >= 15 is 0 Å². The van der Waals surface area contributed by atoms with Crippen LogP contribution in [0.4, 0.5) is 4.79 Å². The molecule has 0 aromatic rings. The maximum Gasteiger partial charge on any atom is 0.410 e. The quantitative estimate of drug-likeness (QED) is 0.439. The second-order valence-corrected chi connectivity index (χ2v) is 1.83. The van der Waals surface area contributed by atoms with Gasteiger partial charge >= 0.3 is 6.09 Å². The molecule has 0 fully saturated rings. The molecule has 11 heavy (non-hydrogen) atoms. The van der Waals surface area contributed by atoms with Crippen LogP contribution in [-0.2, 0) is 9.53 Å². The van der Waals surface area contributed by atoms with E-state index in [1.54, 1.807) is 0 Å². The largest absolute Gasteiger partial charge is 0.453 e. The van der Waals surface area contributed by atoms with Gasteiger partial charge in [-0.25, -0.2) is 4.79 Å². The second-order valence-electron chi connectivity index (χ2n) is 1.83. The third-order valence-electron chi connectivity index (χ3n) is 1.08. The molecule has 0 rings (SSSR count). The smallest absolute Gasteiger partial charge is 0.410 e. The lowest BCUT2D eigenvalue weighted by molar-refractivity contribution is -0.108. The monoisotopic (exact) mass is 157 g/mol. The predicted octanol–water partition coefficient (Wildman–Crippen LogP) is 0.440. The lowest BCUT2D eigenvalue weighted by Crippen LogP contribution is -2.32. The summed E-state index contributed by atoms with van der Waals surface area (Å²) in [5.41, 5.74) is 0. The van der Waals surface area contributed by atoms with E-state index in [0.717, 1.165) is 0 Å². The van der Waals surface area contributed by atoms with Crippen LogP contribution in [0.2, 0.25) is 0 Å². The Morgan fingerprint density at radius 1 is 1.64 bits per heavy atom. The van der Waals surface area contributed by atoms with Gasteiger partial charge in [0.1, 0.15) is 6.29 Å². The van der Waals surface area contributed by atoms with Crippen molar-refractivity contribution in [3.05, 3.63) is 12.7 Å². The SMILES string of the molecule is C=CCN(CC=O)C(=O)OC. The van der Waals surface area contributed by atoms with Crippen molar-refractivity contribution in [1.29, 1.82) is 0 Å². The van der Waals surface area contributed by atoms with Crippen molar-refractivity contribution < 1.29 is 14.3 Å². The minimum absolute atomic E-state index is 0.0404. The number of ether oxygens (including phenoxy) is 1. The number of amides is 1. The van der Waals surface area contributed by atoms with Crippen molar-refractivity contribution in [3.63, 3.8) is 0 Å². The van der Waals surface area contributed by atoms with E-state index in [9.17, 15) is 9.59 Å². The molecule has 0 saturated carbocycles. The van der Waals surface area contributed by atoms with Gasteiger partial charge in [0.05, 0.1) is 13.7 Å². The lowest BCUT2D eigenvalue weighted by Gasteiger charge is -2.15. The maximum absolute atomic E-state index is 10.8. The fraction of sp³-hybridized carbons (Fsp3) is 0.429. The molecule has 4 nitrogen and oxygen atoms in total. The standard InChI is InChI=1S/C7H11NO3/c1-3-4-8(5-6-9)7(10)11-2/h3,6H,1,4-5H2,2H3. The van der Waals surface area contributed by atoms with Gasteiger partial charge in [-0.05, 0) is 0 Å². The van der Waals surface area contributed by atoms with E-state index in [1.807, 2.05) is 0 Å². The second kappa shape index (κ2) is 5.46. The highest BCUT2D eigenvalue weighted by atomic mass is 16.5. The van der Waals surface area contributed by atoms with E-state index in [-0.39, 0.29) is 6.54 Å². The molecule has 1 amide bonds. The van der Waals surface area contributed by atoms with E-state index in [0.29, 0.717) is 12.8 Å². The number of carbonyl (C=O) groups excluding carboxylic acids is 2. The maximum atomic E-state index is 10.8. The van der Waals surface area contributed by atoms with Gasteiger partial charge in [-0.2, -0.15) is 0 Å². The van der Waals surface area contributed by atoms with Gasteiger partial charge in [-0.15, -0.1) is 6.58 Å². The molecular formula is C7H11NO3. The Balaban J connectivity index is 3.95. The Labute approximate surface area is 65.4 Å². The highest BCUT2D eigenvalue weighted by Gasteiger charge is 2.09. The first kappa shape index (κ1) is 9.68. The van der Waals surface area contributed by atoms with Gasteiger partial charge in [-0.1, -0.05) is 6.08 Å². The minimum Gasteiger partial charge on any atom is -0.453 e. The molecule has 0 aromatic carbocycles. The summed E-state index contributed by atoms with van der Waals surface area (Å²) in [5, 5.41) is 0. The van der Waals surface area contributed by atoms with Crippen molar-refractivity contribution in [2.45, 2.75) is 0 Å². The van der Waals surface area contributed by atoms with Crippen molar-refractivity contribution in [1.82, 2.24) is 4.90 Å². The van der Waals surface area contributed by atoms with E-state index in [2.05, 4.69) is 11.3 Å². The highest BCUT2D eigenvalue weighted by molar-refractivity contribution is 5.71. The van der Waals surface area contributed by atoms with Crippen LogP contribution in [0.15, 0.2) is 12.7 Å². The zero-order valence-electron chi connectivity index (χ0n) is 6.45. The third kappa shape index (κ3) is 3.40. The first-order valence-electron chi connectivity index (χ1n) is 3.13. The van der Waals surface area contributed by atoms with Gasteiger partial charge in [0.15, 0.2) is 0 Å². The molecule has 0 aliphatic heterocycles. The zero-order valence-corrected chi connectivity index (χ0v) is 6.45. The van der Waals surface area contributed by atoms with Crippen molar-refractivity contribution in [2.75, 3.05) is 20.2 Å². The summed E-state index contributed by atoms with van der Waals surface area (Å²) in [6.07, 6.45) is 1.65. The van der Waals surface area contributed by atoms with E-state index in [4.69, 9.17) is 0 Å². The Hall–Kier alpha value is -1.32. The summed E-state index contributed by atoms with van der Waals surface area (Å²) in [4.78, 5) is 22.1. The Bertz CT molecular complexity index is 146. The summed E-state index contributed by atoms with van der Waals surface area (Å²) < 4.78 is 4.40. The molecule has 0 radical (unpaired) electrons. The number of rotatable bonds is 4. The molecule has 0 aliphatic rings. The Kier molecular flexibility index (Phi) is 4.81. The molecule has 0 spiro atoms. The molecule has 0 aliphatic carbocycles. The Morgan fingerprint density at radius 2 is 2.27 bits per heavy atom. The summed E-state index contributed by atoms with van der Waals surface area (Å²) in [5.74, 6) is 0. The van der Waals surface area contributed by atoms with Gasteiger partial charge in [0.25, 0.3) is 0 Å². The molecular weight excluding hydrogens is 146 g/mol. The molecule has 62 valence electrons. The van der Waals surface area contributed by atoms with Crippen molar-refractivity contribution in [2.24, 2.45) is 0 Å². The van der Waals surface area contributed by atoms with Crippen molar-refractivity contribution >= 4 is 12.4 Å². The third-order valence-corrected chi connectivity index (χ3v) is 1.08. The highest BCUT2D eigenvalue weighted by Crippen LogP contribution is 1.90. The van der Waals surface area contributed by atoms with Crippen LogP contribution < -0.4 is 0 Å². The number of aldehydes is 1. The van der Waals surface area contributed by atoms with Crippen LogP contribution in [0.25, 0.3) is 0 Å². The van der Waals surface area contributed by atoms with Crippen LogP contribution in [0.1, 0.15) is 0 Å². The Morgan fingerprint density at radius 3 is 2.64 bits per heavy atom. The van der Waals surface area contributed by atoms with Gasteiger partial charge in [0.2, 0.25) is 0 Å². The molecule has 0 aromatic heterocycles. The first-order valence-corrected chi connectivity index (χ1v) is 3.13. The van der Waals surface area contributed by atoms with E-state index in [1.165, 1.54) is 18.1 Å². The average Bonchev–Trinajstić information content (AvgIpc) is 2.03. The topological polar surface area (TPSA) is 46.6 Å². The molecule has 4 heteroatoms. The van der Waals surface area contributed by atoms with Gasteiger partial charge in [0, 0.05) is 6.54 Å². The molecule has 0 heterocycles. The van der Waals surface area contributed by atoms with Gasteiger partial charge < -0.3 is 9.53 Å². The molecule has 0 N–H and O–H groups in total. The van der Waals surface area contributed by atoms with Crippen LogP contribution in [-0.4, -0.2) is 37.5 Å². The van der Waals surface area contributed by atoms with Crippen molar-refractivity contribution in [3.8, 4) is 0 Å². The van der Waals surface area contributed by atoms with E-state index < -0.39 is 6.09 Å². The lowest BCUT2D eigenvalue weighted by atomic mass is 10.5. The number of hydrogen-bond acceptors (Lipinski definition) is 3. The van der Waals surface area contributed by atoms with Crippen LogP contribution >= 0.6 is 0 Å². The zero-order chi connectivity index (χ0) is 8.69. The summed E-state index contributed by atoms with van der Waals surface area (Å²) in [7, 11) is 1.27. The fourth-order valence-corrected chi connectivity index (χ4v) is 0.599. The molecule has 0 unspecified atom stereocenters. The average molecular weight is 157 g/mol. The number of methoxy groups -OCH3 is 1. The van der Waals surface area contributed by atoms with Crippen LogP contribution in [0, 0.1) is 0 Å². The number of hydrogen-bond donors (Lipinski definition) is 0. The molecule has 0 bridgehead atoms. The fourth-order valence-electron chi connectivity index (χ4n) is 0.599. The molecule has 0 atom stereocenters. The number of carbonyl (C=O) groups is 2. The molecule has 0 saturated heterocycles. The van der Waals surface area contributed by atoms with Gasteiger partial charge in [-0.3, -0.25) is 4.90 Å². The summed E-state index contributed by atoms with van der Waals surface area (Å²) >= 11 is 0. The first-order chi connectivity index (χ1) is 5.26.